The minimum atomic E-state index is -0.860. The van der Waals surface area contributed by atoms with Crippen molar-refractivity contribution in [2.24, 2.45) is 0 Å². The Morgan fingerprint density at radius 1 is 1.19 bits per heavy atom. The van der Waals surface area contributed by atoms with E-state index in [4.69, 9.17) is 4.74 Å². The minimum Gasteiger partial charge on any atom is -0.462 e. The van der Waals surface area contributed by atoms with Crippen LogP contribution in [0.25, 0.3) is 11.1 Å². The Labute approximate surface area is 157 Å². The zero-order chi connectivity index (χ0) is 20.1. The molecule has 7 heteroatoms. The molecule has 3 N–H and O–H groups in total. The van der Waals surface area contributed by atoms with Gasteiger partial charge in [0.1, 0.15) is 5.69 Å². The van der Waals surface area contributed by atoms with Crippen LogP contribution in [0.5, 0.6) is 0 Å². The van der Waals surface area contributed by atoms with Crippen LogP contribution in [-0.4, -0.2) is 47.0 Å². The number of nitrogens with one attached hydrogen (secondary N) is 2. The zero-order valence-corrected chi connectivity index (χ0v) is 15.9. The Kier molecular flexibility index (Phi) is 6.52. The van der Waals surface area contributed by atoms with Gasteiger partial charge in [-0.1, -0.05) is 29.8 Å². The van der Waals surface area contributed by atoms with Crippen molar-refractivity contribution in [1.82, 2.24) is 10.3 Å². The largest absolute Gasteiger partial charge is 0.462 e. The van der Waals surface area contributed by atoms with Gasteiger partial charge in [0, 0.05) is 17.8 Å². The Morgan fingerprint density at radius 3 is 2.37 bits per heavy atom. The molecule has 1 aromatic carbocycles. The van der Waals surface area contributed by atoms with Crippen LogP contribution in [0, 0.1) is 13.8 Å². The lowest BCUT2D eigenvalue weighted by molar-refractivity contribution is -0.117. The third kappa shape index (κ3) is 4.62. The van der Waals surface area contributed by atoms with Crippen LogP contribution in [0.1, 0.15) is 46.0 Å². The smallest absolute Gasteiger partial charge is 0.340 e. The van der Waals surface area contributed by atoms with Crippen molar-refractivity contribution in [3.05, 3.63) is 46.8 Å². The first-order valence-corrected chi connectivity index (χ1v) is 8.73. The topological polar surface area (TPSA) is 108 Å². The summed E-state index contributed by atoms with van der Waals surface area (Å²) in [5, 5.41) is 11.7. The number of carbonyl (C=O) groups is 3. The van der Waals surface area contributed by atoms with Gasteiger partial charge >= 0.3 is 5.97 Å². The number of Topliss-reactive ketones (excluding diaryl/α,β-unsaturated/α-hetero) is 1. The van der Waals surface area contributed by atoms with Crippen molar-refractivity contribution in [2.45, 2.75) is 33.8 Å². The maximum atomic E-state index is 12.7. The number of ketones is 1. The normalized spacial score (nSPS) is 11.7. The van der Waals surface area contributed by atoms with E-state index in [0.717, 1.165) is 5.56 Å². The summed E-state index contributed by atoms with van der Waals surface area (Å²) >= 11 is 0. The molecule has 0 saturated heterocycles. The number of aliphatic hydroxyl groups is 1. The molecule has 0 bridgehead atoms. The van der Waals surface area contributed by atoms with Gasteiger partial charge < -0.3 is 20.1 Å². The maximum absolute atomic E-state index is 12.7. The van der Waals surface area contributed by atoms with Crippen molar-refractivity contribution >= 4 is 17.7 Å². The van der Waals surface area contributed by atoms with Crippen LogP contribution in [0.4, 0.5) is 0 Å². The molecular weight excluding hydrogens is 348 g/mol. The fraction of sp³-hybridized carbons (Fsp3) is 0.350. The lowest BCUT2D eigenvalue weighted by atomic mass is 9.97. The van der Waals surface area contributed by atoms with Crippen molar-refractivity contribution in [1.29, 1.82) is 0 Å². The second-order valence-corrected chi connectivity index (χ2v) is 6.35. The third-order valence-corrected chi connectivity index (χ3v) is 4.00. The van der Waals surface area contributed by atoms with E-state index in [1.807, 2.05) is 19.1 Å². The molecule has 0 aliphatic carbocycles. The van der Waals surface area contributed by atoms with E-state index in [1.165, 1.54) is 6.92 Å². The second kappa shape index (κ2) is 8.64. The van der Waals surface area contributed by atoms with E-state index in [0.29, 0.717) is 16.8 Å². The highest BCUT2D eigenvalue weighted by Crippen LogP contribution is 2.31. The highest BCUT2D eigenvalue weighted by Gasteiger charge is 2.29. The van der Waals surface area contributed by atoms with Gasteiger partial charge in [0.2, 0.25) is 0 Å². The van der Waals surface area contributed by atoms with Crippen LogP contribution in [0.2, 0.25) is 0 Å². The summed E-state index contributed by atoms with van der Waals surface area (Å²) in [5.74, 6) is -2.24. The Morgan fingerprint density at radius 2 is 1.81 bits per heavy atom. The van der Waals surface area contributed by atoms with Gasteiger partial charge in [0.15, 0.2) is 0 Å². The average Bonchev–Trinajstić information content (AvgIpc) is 2.97. The molecule has 0 aliphatic heterocycles. The number of hydrogen-bond donors (Lipinski definition) is 3. The van der Waals surface area contributed by atoms with Crippen molar-refractivity contribution in [2.75, 3.05) is 13.2 Å². The fourth-order valence-electron chi connectivity index (χ4n) is 2.70. The number of aryl methyl sites for hydroxylation is 2. The Balaban J connectivity index is 2.55. The molecule has 0 saturated carbocycles. The molecule has 1 aromatic heterocycles. The van der Waals surface area contributed by atoms with Gasteiger partial charge in [-0.3, -0.25) is 9.59 Å². The van der Waals surface area contributed by atoms with E-state index < -0.39 is 23.8 Å². The molecule has 7 nitrogen and oxygen atoms in total. The number of benzene rings is 1. The predicted molar refractivity (Wildman–Crippen MR) is 101 cm³/mol. The number of ether oxygens (including phenoxy) is 1. The monoisotopic (exact) mass is 372 g/mol. The van der Waals surface area contributed by atoms with E-state index in [2.05, 4.69) is 10.3 Å². The molecule has 2 rings (SSSR count). The Bertz CT molecular complexity index is 850. The summed E-state index contributed by atoms with van der Waals surface area (Å²) in [7, 11) is 0. The zero-order valence-electron chi connectivity index (χ0n) is 15.9. The number of carbonyl (C=O) groups excluding carboxylic acids is 3. The van der Waals surface area contributed by atoms with Gasteiger partial charge in [-0.15, -0.1) is 0 Å². The summed E-state index contributed by atoms with van der Waals surface area (Å²) in [6.45, 7) is 6.91. The highest BCUT2D eigenvalue weighted by molar-refractivity contribution is 6.43. The number of hydrogen-bond acceptors (Lipinski definition) is 5. The SMILES string of the molecule is CCOC(=O)c1c(C)[nH]c(C(=O)C(=O)NC[C@H](C)O)c1-c1ccc(C)cc1. The standard InChI is InChI=1S/C20H24N2O5/c1-5-27-20(26)15-13(4)22-17(18(24)19(25)21-10-12(3)23)16(15)14-8-6-11(2)7-9-14/h6-9,12,22-23H,5,10H2,1-4H3,(H,21,25)/t12-/m0/s1. The highest BCUT2D eigenvalue weighted by atomic mass is 16.5. The lowest BCUT2D eigenvalue weighted by Gasteiger charge is -2.09. The maximum Gasteiger partial charge on any atom is 0.340 e. The van der Waals surface area contributed by atoms with Crippen molar-refractivity contribution < 1.29 is 24.2 Å². The lowest BCUT2D eigenvalue weighted by Crippen LogP contribution is -2.36. The van der Waals surface area contributed by atoms with E-state index in [-0.39, 0.29) is 24.4 Å². The number of amides is 1. The van der Waals surface area contributed by atoms with Crippen molar-refractivity contribution in [3.8, 4) is 11.1 Å². The van der Waals surface area contributed by atoms with Gasteiger partial charge in [-0.25, -0.2) is 4.79 Å². The minimum absolute atomic E-state index is 0.0162. The first kappa shape index (κ1) is 20.4. The summed E-state index contributed by atoms with van der Waals surface area (Å²) in [6.07, 6.45) is -0.779. The van der Waals surface area contributed by atoms with Crippen LogP contribution < -0.4 is 5.32 Å². The molecule has 0 aliphatic rings. The van der Waals surface area contributed by atoms with E-state index in [9.17, 15) is 19.5 Å². The molecule has 0 radical (unpaired) electrons. The van der Waals surface area contributed by atoms with Gasteiger partial charge in [0.05, 0.1) is 18.3 Å². The number of aliphatic hydroxyl groups excluding tert-OH is 1. The van der Waals surface area contributed by atoms with Crippen LogP contribution in [0.15, 0.2) is 24.3 Å². The van der Waals surface area contributed by atoms with Crippen molar-refractivity contribution in [3.63, 3.8) is 0 Å². The molecule has 0 spiro atoms. The quantitative estimate of drug-likeness (QED) is 0.392. The van der Waals surface area contributed by atoms with Crippen LogP contribution in [0.3, 0.4) is 0 Å². The second-order valence-electron chi connectivity index (χ2n) is 6.35. The number of H-pyrrole nitrogens is 1. The van der Waals surface area contributed by atoms with Crippen LogP contribution >= 0.6 is 0 Å². The van der Waals surface area contributed by atoms with E-state index >= 15 is 0 Å². The summed E-state index contributed by atoms with van der Waals surface area (Å²) in [4.78, 5) is 40.2. The van der Waals surface area contributed by atoms with Gasteiger partial charge in [0.25, 0.3) is 11.7 Å². The Hall–Kier alpha value is -2.93. The molecule has 1 atom stereocenters. The molecule has 0 unspecified atom stereocenters. The summed E-state index contributed by atoms with van der Waals surface area (Å²) < 4.78 is 5.12. The number of rotatable bonds is 7. The summed E-state index contributed by atoms with van der Waals surface area (Å²) in [6, 6.07) is 7.28. The van der Waals surface area contributed by atoms with Crippen LogP contribution in [-0.2, 0) is 9.53 Å². The molecule has 27 heavy (non-hydrogen) atoms. The molecule has 144 valence electrons. The summed E-state index contributed by atoms with van der Waals surface area (Å²) in [5.41, 5.74) is 2.67. The van der Waals surface area contributed by atoms with Gasteiger partial charge in [-0.2, -0.15) is 0 Å². The first-order valence-electron chi connectivity index (χ1n) is 8.73. The van der Waals surface area contributed by atoms with Gasteiger partial charge in [-0.05, 0) is 33.3 Å². The molecule has 1 amide bonds. The molecular formula is C20H24N2O5. The molecule has 2 aromatic rings. The fourth-order valence-corrected chi connectivity index (χ4v) is 2.70. The first-order chi connectivity index (χ1) is 12.8. The molecule has 0 fully saturated rings. The number of aromatic nitrogens is 1. The number of esters is 1. The predicted octanol–water partition coefficient (Wildman–Crippen LogP) is 2.15. The number of aromatic amines is 1. The average molecular weight is 372 g/mol. The van der Waals surface area contributed by atoms with E-state index in [1.54, 1.807) is 26.0 Å². The molecule has 1 heterocycles. The third-order valence-electron chi connectivity index (χ3n) is 4.00.